The van der Waals surface area contributed by atoms with Gasteiger partial charge in [0.1, 0.15) is 5.65 Å². The summed E-state index contributed by atoms with van der Waals surface area (Å²) in [6.45, 7) is 4.83. The number of fused-ring (bicyclic) bond motifs is 3. The van der Waals surface area contributed by atoms with Crippen molar-refractivity contribution in [3.8, 4) is 0 Å². The molecule has 2 aromatic rings. The van der Waals surface area contributed by atoms with E-state index < -0.39 is 0 Å². The van der Waals surface area contributed by atoms with Crippen LogP contribution in [0, 0.1) is 19.8 Å². The van der Waals surface area contributed by atoms with Crippen molar-refractivity contribution in [2.45, 2.75) is 52.0 Å². The van der Waals surface area contributed by atoms with E-state index in [1.807, 2.05) is 25.8 Å². The van der Waals surface area contributed by atoms with Gasteiger partial charge in [0, 0.05) is 37.0 Å². The van der Waals surface area contributed by atoms with E-state index in [9.17, 15) is 9.59 Å². The molecule has 6 heteroatoms. The minimum atomic E-state index is -0.0984. The summed E-state index contributed by atoms with van der Waals surface area (Å²) in [5.41, 5.74) is 3.23. The SMILES string of the molecule is Cc1nn(C)c2[nH]c(=O)c(CCC(=O)N3C[C@H]4CC[C@H]3C4)c(C)c12. The maximum Gasteiger partial charge on any atom is 0.253 e. The number of hydrogen-bond acceptors (Lipinski definition) is 3. The molecule has 1 saturated heterocycles. The van der Waals surface area contributed by atoms with Crippen molar-refractivity contribution in [3.05, 3.63) is 27.2 Å². The van der Waals surface area contributed by atoms with E-state index in [0.29, 0.717) is 24.8 Å². The minimum absolute atomic E-state index is 0.0984. The lowest BCUT2D eigenvalue weighted by molar-refractivity contribution is -0.132. The standard InChI is InChI=1S/C18H24N4O2/c1-10-14(18(24)19-17-16(10)11(2)20-21(17)3)6-7-15(23)22-9-12-4-5-13(22)8-12/h12-13H,4-9H2,1-3H3,(H,19,24)/t12-,13-/m0/s1. The predicted molar refractivity (Wildman–Crippen MR) is 92.0 cm³/mol. The van der Waals surface area contributed by atoms with Crippen LogP contribution in [-0.4, -0.2) is 38.2 Å². The lowest BCUT2D eigenvalue weighted by atomic mass is 10.0. The van der Waals surface area contributed by atoms with Crippen LogP contribution in [0.3, 0.4) is 0 Å². The number of aryl methyl sites for hydroxylation is 3. The first-order valence-electron chi connectivity index (χ1n) is 8.80. The van der Waals surface area contributed by atoms with Crippen molar-refractivity contribution in [1.82, 2.24) is 19.7 Å². The first kappa shape index (κ1) is 15.4. The Labute approximate surface area is 140 Å². The number of nitrogens with one attached hydrogen (secondary N) is 1. The number of hydrogen-bond donors (Lipinski definition) is 1. The fourth-order valence-corrected chi connectivity index (χ4v) is 4.66. The topological polar surface area (TPSA) is 71.0 Å². The molecule has 128 valence electrons. The number of carbonyl (C=O) groups excluding carboxylic acids is 1. The molecule has 0 radical (unpaired) electrons. The zero-order chi connectivity index (χ0) is 17.0. The third-order valence-corrected chi connectivity index (χ3v) is 5.87. The van der Waals surface area contributed by atoms with Gasteiger partial charge in [0.05, 0.1) is 5.69 Å². The third kappa shape index (κ3) is 2.27. The molecule has 3 heterocycles. The third-order valence-electron chi connectivity index (χ3n) is 5.87. The molecule has 2 aliphatic rings. The number of likely N-dealkylation sites (tertiary alicyclic amines) is 1. The first-order valence-corrected chi connectivity index (χ1v) is 8.80. The van der Waals surface area contributed by atoms with Crippen molar-refractivity contribution in [1.29, 1.82) is 0 Å². The van der Waals surface area contributed by atoms with E-state index >= 15 is 0 Å². The van der Waals surface area contributed by atoms with Crippen LogP contribution >= 0.6 is 0 Å². The number of amides is 1. The lowest BCUT2D eigenvalue weighted by Crippen LogP contribution is -2.38. The number of H-pyrrole nitrogens is 1. The Kier molecular flexibility index (Phi) is 3.51. The number of aromatic nitrogens is 3. The molecule has 6 nitrogen and oxygen atoms in total. The first-order chi connectivity index (χ1) is 11.5. The zero-order valence-corrected chi connectivity index (χ0v) is 14.6. The van der Waals surface area contributed by atoms with Crippen LogP contribution in [0.2, 0.25) is 0 Å². The second kappa shape index (κ2) is 5.46. The smallest absolute Gasteiger partial charge is 0.253 e. The highest BCUT2D eigenvalue weighted by Crippen LogP contribution is 2.37. The molecule has 2 fully saturated rings. The highest BCUT2D eigenvalue weighted by molar-refractivity contribution is 5.83. The van der Waals surface area contributed by atoms with E-state index in [2.05, 4.69) is 10.1 Å². The van der Waals surface area contributed by atoms with Gasteiger partial charge in [-0.05, 0) is 51.0 Å². The van der Waals surface area contributed by atoms with Gasteiger partial charge in [0.25, 0.3) is 5.56 Å². The van der Waals surface area contributed by atoms with E-state index in [-0.39, 0.29) is 11.5 Å². The quantitative estimate of drug-likeness (QED) is 0.934. The molecular formula is C18H24N4O2. The maximum absolute atomic E-state index is 12.6. The average Bonchev–Trinajstić information content (AvgIpc) is 3.22. The molecule has 0 aromatic carbocycles. The van der Waals surface area contributed by atoms with Gasteiger partial charge in [0.2, 0.25) is 5.91 Å². The van der Waals surface area contributed by atoms with Crippen LogP contribution < -0.4 is 5.56 Å². The normalized spacial score (nSPS) is 22.7. The highest BCUT2D eigenvalue weighted by atomic mass is 16.2. The molecule has 0 spiro atoms. The van der Waals surface area contributed by atoms with Crippen molar-refractivity contribution in [3.63, 3.8) is 0 Å². The average molecular weight is 328 g/mol. The van der Waals surface area contributed by atoms with Crippen molar-refractivity contribution >= 4 is 16.9 Å². The van der Waals surface area contributed by atoms with Crippen LogP contribution in [-0.2, 0) is 18.3 Å². The van der Waals surface area contributed by atoms with Crippen LogP contribution in [0.5, 0.6) is 0 Å². The Bertz CT molecular complexity index is 879. The molecule has 1 aliphatic heterocycles. The predicted octanol–water partition coefficient (Wildman–Crippen LogP) is 1.82. The summed E-state index contributed by atoms with van der Waals surface area (Å²) in [6.07, 6.45) is 4.50. The molecule has 2 bridgehead atoms. The fourth-order valence-electron chi connectivity index (χ4n) is 4.66. The number of nitrogens with zero attached hydrogens (tertiary/aromatic N) is 3. The van der Waals surface area contributed by atoms with E-state index in [4.69, 9.17) is 0 Å². The number of aromatic amines is 1. The molecule has 24 heavy (non-hydrogen) atoms. The van der Waals surface area contributed by atoms with E-state index in [1.165, 1.54) is 12.8 Å². The molecule has 1 N–H and O–H groups in total. The Balaban J connectivity index is 1.57. The van der Waals surface area contributed by atoms with Gasteiger partial charge < -0.3 is 9.88 Å². The largest absolute Gasteiger partial charge is 0.339 e. The Hall–Kier alpha value is -2.11. The zero-order valence-electron chi connectivity index (χ0n) is 14.6. The molecule has 1 saturated carbocycles. The monoisotopic (exact) mass is 328 g/mol. The number of rotatable bonds is 3. The number of carbonyl (C=O) groups is 1. The maximum atomic E-state index is 12.6. The number of pyridine rings is 1. The Morgan fingerprint density at radius 2 is 2.12 bits per heavy atom. The molecule has 2 aromatic heterocycles. The van der Waals surface area contributed by atoms with Gasteiger partial charge in [-0.1, -0.05) is 0 Å². The fraction of sp³-hybridized carbons (Fsp3) is 0.611. The molecule has 1 aliphatic carbocycles. The molecule has 0 unspecified atom stereocenters. The van der Waals surface area contributed by atoms with Gasteiger partial charge in [-0.25, -0.2) is 0 Å². The van der Waals surface area contributed by atoms with E-state index in [1.54, 1.807) is 4.68 Å². The summed E-state index contributed by atoms with van der Waals surface area (Å²) < 4.78 is 1.70. The van der Waals surface area contributed by atoms with Crippen LogP contribution in [0.15, 0.2) is 4.79 Å². The van der Waals surface area contributed by atoms with Crippen LogP contribution in [0.25, 0.3) is 11.0 Å². The molecule has 4 rings (SSSR count). The summed E-state index contributed by atoms with van der Waals surface area (Å²) >= 11 is 0. The summed E-state index contributed by atoms with van der Waals surface area (Å²) in [6, 6.07) is 0.449. The summed E-state index contributed by atoms with van der Waals surface area (Å²) in [7, 11) is 1.83. The highest BCUT2D eigenvalue weighted by Gasteiger charge is 2.39. The van der Waals surface area contributed by atoms with Gasteiger partial charge in [-0.2, -0.15) is 5.10 Å². The van der Waals surface area contributed by atoms with Gasteiger partial charge in [0.15, 0.2) is 0 Å². The van der Waals surface area contributed by atoms with Crippen LogP contribution in [0.1, 0.15) is 42.5 Å². The van der Waals surface area contributed by atoms with Gasteiger partial charge >= 0.3 is 0 Å². The van der Waals surface area contributed by atoms with E-state index in [0.717, 1.165) is 40.8 Å². The number of piperidine rings is 1. The minimum Gasteiger partial charge on any atom is -0.339 e. The summed E-state index contributed by atoms with van der Waals surface area (Å²) in [5, 5.41) is 5.39. The van der Waals surface area contributed by atoms with Gasteiger partial charge in [-0.15, -0.1) is 0 Å². The Morgan fingerprint density at radius 3 is 2.79 bits per heavy atom. The lowest BCUT2D eigenvalue weighted by Gasteiger charge is -2.27. The van der Waals surface area contributed by atoms with Crippen molar-refractivity contribution < 1.29 is 4.79 Å². The van der Waals surface area contributed by atoms with Crippen LogP contribution in [0.4, 0.5) is 0 Å². The van der Waals surface area contributed by atoms with Crippen molar-refractivity contribution in [2.75, 3.05) is 6.54 Å². The molecule has 1 amide bonds. The van der Waals surface area contributed by atoms with Crippen molar-refractivity contribution in [2.24, 2.45) is 13.0 Å². The second-order valence-electron chi connectivity index (χ2n) is 7.37. The van der Waals surface area contributed by atoms with Gasteiger partial charge in [-0.3, -0.25) is 14.3 Å². The molecule has 2 atom stereocenters. The second-order valence-corrected chi connectivity index (χ2v) is 7.37. The Morgan fingerprint density at radius 1 is 1.33 bits per heavy atom. The summed E-state index contributed by atoms with van der Waals surface area (Å²) in [4.78, 5) is 30.0. The summed E-state index contributed by atoms with van der Waals surface area (Å²) in [5.74, 6) is 0.905. The molecular weight excluding hydrogens is 304 g/mol.